The molecule has 0 unspecified atom stereocenters. The Morgan fingerprint density at radius 2 is 1.87 bits per heavy atom. The van der Waals surface area contributed by atoms with Crippen molar-refractivity contribution in [3.05, 3.63) is 45.9 Å². The number of aromatic nitrogens is 1. The lowest BCUT2D eigenvalue weighted by atomic mass is 9.83. The molecule has 1 aliphatic carbocycles. The third-order valence-electron chi connectivity index (χ3n) is 8.39. The number of nitrogens with one attached hydrogen (secondary N) is 1. The van der Waals surface area contributed by atoms with Crippen molar-refractivity contribution in [3.8, 4) is 5.75 Å². The fraction of sp³-hybridized carbons (Fsp3) is 0.606. The number of rotatable bonds is 11. The molecule has 1 saturated heterocycles. The number of ketones is 1. The molecule has 45 heavy (non-hydrogen) atoms. The summed E-state index contributed by atoms with van der Waals surface area (Å²) in [6.07, 6.45) is 5.70. The first-order chi connectivity index (χ1) is 21.4. The number of amides is 3. The fourth-order valence-electron chi connectivity index (χ4n) is 5.85. The van der Waals surface area contributed by atoms with E-state index in [-0.39, 0.29) is 23.7 Å². The van der Waals surface area contributed by atoms with Gasteiger partial charge in [0, 0.05) is 31.1 Å². The van der Waals surface area contributed by atoms with Gasteiger partial charge in [0.05, 0.1) is 6.04 Å². The Labute approximate surface area is 269 Å². The zero-order valence-corrected chi connectivity index (χ0v) is 27.9. The fourth-order valence-corrected chi connectivity index (χ4v) is 6.80. The summed E-state index contributed by atoms with van der Waals surface area (Å²) in [5.74, 6) is -0.197. The van der Waals surface area contributed by atoms with Gasteiger partial charge in [0.25, 0.3) is 0 Å². The van der Waals surface area contributed by atoms with Gasteiger partial charge in [-0.15, -0.1) is 11.3 Å². The normalized spacial score (nSPS) is 18.6. The van der Waals surface area contributed by atoms with Crippen LogP contribution in [0.1, 0.15) is 99.7 Å². The molecule has 1 aromatic carbocycles. The molecule has 11 nitrogen and oxygen atoms in total. The van der Waals surface area contributed by atoms with E-state index in [2.05, 4.69) is 5.32 Å². The highest BCUT2D eigenvalue weighted by atomic mass is 32.1. The molecule has 12 heteroatoms. The molecular weight excluding hydrogens is 594 g/mol. The van der Waals surface area contributed by atoms with Crippen LogP contribution in [0.15, 0.2) is 29.6 Å². The number of ether oxygens (including phenoxy) is 2. The van der Waals surface area contributed by atoms with E-state index in [4.69, 9.17) is 20.2 Å². The van der Waals surface area contributed by atoms with Crippen molar-refractivity contribution in [3.63, 3.8) is 0 Å². The number of likely N-dealkylation sites (tertiary alicyclic amines) is 1. The van der Waals surface area contributed by atoms with Crippen LogP contribution in [0.2, 0.25) is 0 Å². The largest absolute Gasteiger partial charge is 0.492 e. The number of nitrogens with zero attached hydrogens (tertiary/aromatic N) is 3. The SMILES string of the molecule is C[C@@H](C(=O)N[C@H](C(=O)N1CCC[C@@H]1c1nc(C(=O)c2cccc(OCCN)c2)cs1)C1CCCCC1)N(C)C(=O)OC(C)(C)C. The van der Waals surface area contributed by atoms with Crippen molar-refractivity contribution in [1.29, 1.82) is 0 Å². The average molecular weight is 642 g/mol. The summed E-state index contributed by atoms with van der Waals surface area (Å²) < 4.78 is 11.0. The van der Waals surface area contributed by atoms with E-state index in [1.54, 1.807) is 57.3 Å². The number of thiazole rings is 1. The highest BCUT2D eigenvalue weighted by molar-refractivity contribution is 7.10. The minimum atomic E-state index is -0.833. The number of carbonyl (C=O) groups is 4. The van der Waals surface area contributed by atoms with E-state index in [1.807, 2.05) is 4.90 Å². The number of nitrogens with two attached hydrogens (primary N) is 1. The van der Waals surface area contributed by atoms with Gasteiger partial charge in [-0.2, -0.15) is 0 Å². The zero-order chi connectivity index (χ0) is 32.7. The molecule has 0 spiro atoms. The van der Waals surface area contributed by atoms with Gasteiger partial charge in [-0.1, -0.05) is 31.4 Å². The second-order valence-corrected chi connectivity index (χ2v) is 13.8. The van der Waals surface area contributed by atoms with Gasteiger partial charge in [-0.3, -0.25) is 19.3 Å². The van der Waals surface area contributed by atoms with Gasteiger partial charge in [0.15, 0.2) is 0 Å². The van der Waals surface area contributed by atoms with Crippen LogP contribution in [-0.2, 0) is 14.3 Å². The zero-order valence-electron chi connectivity index (χ0n) is 27.0. The molecule has 3 atom stereocenters. The van der Waals surface area contributed by atoms with Gasteiger partial charge in [0.2, 0.25) is 17.6 Å². The first kappa shape index (κ1) is 34.4. The van der Waals surface area contributed by atoms with Crippen LogP contribution in [-0.4, -0.2) is 82.9 Å². The second-order valence-electron chi connectivity index (χ2n) is 12.9. The van der Waals surface area contributed by atoms with Crippen molar-refractivity contribution in [1.82, 2.24) is 20.1 Å². The second kappa shape index (κ2) is 15.2. The number of likely N-dealkylation sites (N-methyl/N-ethyl adjacent to an activating group) is 1. The third kappa shape index (κ3) is 8.82. The number of carbonyl (C=O) groups excluding carboxylic acids is 4. The maximum Gasteiger partial charge on any atom is 0.410 e. The molecule has 246 valence electrons. The summed E-state index contributed by atoms with van der Waals surface area (Å²) in [5.41, 5.74) is 5.62. The minimum absolute atomic E-state index is 0.00215. The molecule has 4 rings (SSSR count). The maximum atomic E-state index is 14.3. The highest BCUT2D eigenvalue weighted by Crippen LogP contribution is 2.36. The molecule has 2 heterocycles. The molecule has 1 aromatic heterocycles. The molecular formula is C33H47N5O6S. The van der Waals surface area contributed by atoms with Crippen LogP contribution in [0.4, 0.5) is 4.79 Å². The van der Waals surface area contributed by atoms with Crippen LogP contribution < -0.4 is 15.8 Å². The quantitative estimate of drug-likeness (QED) is 0.336. The first-order valence-electron chi connectivity index (χ1n) is 15.9. The van der Waals surface area contributed by atoms with E-state index in [0.717, 1.165) is 44.9 Å². The van der Waals surface area contributed by atoms with Crippen LogP contribution in [0.5, 0.6) is 5.75 Å². The lowest BCUT2D eigenvalue weighted by molar-refractivity contribution is -0.140. The number of hydrogen-bond donors (Lipinski definition) is 2. The van der Waals surface area contributed by atoms with E-state index in [9.17, 15) is 19.2 Å². The Bertz CT molecular complexity index is 1350. The van der Waals surface area contributed by atoms with Crippen molar-refractivity contribution < 1.29 is 28.7 Å². The van der Waals surface area contributed by atoms with Gasteiger partial charge in [-0.25, -0.2) is 9.78 Å². The lowest BCUT2D eigenvalue weighted by Crippen LogP contribution is -2.56. The monoisotopic (exact) mass is 641 g/mol. The van der Waals surface area contributed by atoms with E-state index in [0.29, 0.717) is 41.7 Å². The smallest absolute Gasteiger partial charge is 0.410 e. The number of benzene rings is 1. The van der Waals surface area contributed by atoms with E-state index in [1.165, 1.54) is 23.3 Å². The summed E-state index contributed by atoms with van der Waals surface area (Å²) in [4.78, 5) is 61.4. The van der Waals surface area contributed by atoms with Crippen molar-refractivity contribution in [2.75, 3.05) is 26.7 Å². The van der Waals surface area contributed by atoms with E-state index >= 15 is 0 Å². The summed E-state index contributed by atoms with van der Waals surface area (Å²) in [7, 11) is 1.52. The summed E-state index contributed by atoms with van der Waals surface area (Å²) >= 11 is 1.37. The Hall–Kier alpha value is -3.51. The van der Waals surface area contributed by atoms with Crippen LogP contribution in [0.25, 0.3) is 0 Å². The highest BCUT2D eigenvalue weighted by Gasteiger charge is 2.41. The molecule has 0 bridgehead atoms. The van der Waals surface area contributed by atoms with Crippen molar-refractivity contribution in [2.45, 2.75) is 96.4 Å². The third-order valence-corrected chi connectivity index (χ3v) is 9.33. The Kier molecular flexibility index (Phi) is 11.6. The predicted octanol–water partition coefficient (Wildman–Crippen LogP) is 4.70. The lowest BCUT2D eigenvalue weighted by Gasteiger charge is -2.36. The van der Waals surface area contributed by atoms with Crippen molar-refractivity contribution >= 4 is 35.0 Å². The number of hydrogen-bond acceptors (Lipinski definition) is 9. The van der Waals surface area contributed by atoms with Crippen LogP contribution in [0, 0.1) is 5.92 Å². The van der Waals surface area contributed by atoms with Gasteiger partial charge >= 0.3 is 6.09 Å². The van der Waals surface area contributed by atoms with E-state index < -0.39 is 29.7 Å². The predicted molar refractivity (Wildman–Crippen MR) is 172 cm³/mol. The average Bonchev–Trinajstić information content (AvgIpc) is 3.71. The van der Waals surface area contributed by atoms with Crippen LogP contribution in [0.3, 0.4) is 0 Å². The summed E-state index contributed by atoms with van der Waals surface area (Å²) in [6.45, 7) is 8.21. The molecule has 2 aromatic rings. The Balaban J connectivity index is 1.50. The summed E-state index contributed by atoms with van der Waals surface area (Å²) in [5, 5.41) is 5.47. The van der Waals surface area contributed by atoms with Gasteiger partial charge in [-0.05, 0) is 71.4 Å². The van der Waals surface area contributed by atoms with Crippen molar-refractivity contribution in [2.24, 2.45) is 11.7 Å². The Morgan fingerprint density at radius 1 is 1.13 bits per heavy atom. The molecule has 3 N–H and O–H groups in total. The standard InChI is InChI=1S/C33H47N5O6S/c1-21(37(5)32(42)44-33(2,3)4)29(40)36-27(22-11-7-6-8-12-22)31(41)38-17-10-15-26(38)30-35-25(20-45-30)28(39)23-13-9-14-24(19-23)43-18-16-34/h9,13-14,19-22,26-27H,6-8,10-12,15-18,34H2,1-5H3,(H,36,40)/t21-,26+,27-/m0/s1. The van der Waals surface area contributed by atoms with Crippen LogP contribution >= 0.6 is 11.3 Å². The molecule has 0 radical (unpaired) electrons. The Morgan fingerprint density at radius 3 is 2.56 bits per heavy atom. The summed E-state index contributed by atoms with van der Waals surface area (Å²) in [6, 6.07) is 5.11. The maximum absolute atomic E-state index is 14.3. The van der Waals surface area contributed by atoms with Gasteiger partial charge < -0.3 is 25.4 Å². The molecule has 1 aliphatic heterocycles. The minimum Gasteiger partial charge on any atom is -0.492 e. The molecule has 3 amide bonds. The molecule has 2 aliphatic rings. The first-order valence-corrected chi connectivity index (χ1v) is 16.8. The van der Waals surface area contributed by atoms with Gasteiger partial charge in [0.1, 0.15) is 40.7 Å². The molecule has 1 saturated carbocycles. The molecule has 2 fully saturated rings. The topological polar surface area (TPSA) is 144 Å².